The number of Topliss-reactive ketones (excluding diaryl/α,β-unsaturated/α-hetero) is 1. The van der Waals surface area contributed by atoms with Crippen LogP contribution in [-0.4, -0.2) is 22.2 Å². The van der Waals surface area contributed by atoms with Crippen molar-refractivity contribution in [2.75, 3.05) is 6.54 Å². The lowest BCUT2D eigenvalue weighted by atomic mass is 9.94. The van der Waals surface area contributed by atoms with Gasteiger partial charge in [-0.25, -0.2) is 0 Å². The number of pyridine rings is 1. The largest absolute Gasteiger partial charge is 0.292 e. The van der Waals surface area contributed by atoms with Crippen LogP contribution in [0.3, 0.4) is 0 Å². The fourth-order valence-electron chi connectivity index (χ4n) is 2.02. The van der Waals surface area contributed by atoms with Crippen LogP contribution in [0, 0.1) is 16.0 Å². The highest BCUT2D eigenvalue weighted by Crippen LogP contribution is 2.16. The van der Waals surface area contributed by atoms with Crippen LogP contribution in [0.4, 0.5) is 0 Å². The highest BCUT2D eigenvalue weighted by molar-refractivity contribution is 5.96. The molecule has 0 aliphatic carbocycles. The van der Waals surface area contributed by atoms with Crippen LogP contribution < -0.4 is 0 Å². The predicted octanol–water partition coefficient (Wildman–Crippen LogP) is 3.13. The number of hydrogen-bond donors (Lipinski definition) is 0. The standard InChI is InChI=1S/C14H20N2O3/c1-2-3-4-5-8-12(11-16(18)19)14(17)13-9-6-7-10-15-13/h6-7,9-10,12H,2-5,8,11H2,1H3. The summed E-state index contributed by atoms with van der Waals surface area (Å²) < 4.78 is 0. The van der Waals surface area contributed by atoms with Gasteiger partial charge in [-0.05, 0) is 18.6 Å². The van der Waals surface area contributed by atoms with Gasteiger partial charge in [0, 0.05) is 11.1 Å². The van der Waals surface area contributed by atoms with Gasteiger partial charge < -0.3 is 0 Å². The Morgan fingerprint density at radius 1 is 1.37 bits per heavy atom. The van der Waals surface area contributed by atoms with Gasteiger partial charge in [0.1, 0.15) is 5.69 Å². The fourth-order valence-corrected chi connectivity index (χ4v) is 2.02. The summed E-state index contributed by atoms with van der Waals surface area (Å²) in [6.07, 6.45) is 6.17. The third kappa shape index (κ3) is 5.59. The van der Waals surface area contributed by atoms with Crippen LogP contribution in [0.5, 0.6) is 0 Å². The molecule has 1 unspecified atom stereocenters. The SMILES string of the molecule is CCCCCCC(C[N+](=O)[O-])C(=O)c1ccccn1. The summed E-state index contributed by atoms with van der Waals surface area (Å²) >= 11 is 0. The van der Waals surface area contributed by atoms with Gasteiger partial charge in [-0.1, -0.05) is 38.7 Å². The number of nitrogens with zero attached hydrogens (tertiary/aromatic N) is 2. The number of ketones is 1. The highest BCUT2D eigenvalue weighted by Gasteiger charge is 2.25. The van der Waals surface area contributed by atoms with E-state index in [1.54, 1.807) is 18.2 Å². The van der Waals surface area contributed by atoms with Gasteiger partial charge in [-0.2, -0.15) is 0 Å². The monoisotopic (exact) mass is 264 g/mol. The van der Waals surface area contributed by atoms with Crippen LogP contribution >= 0.6 is 0 Å². The molecule has 5 heteroatoms. The van der Waals surface area contributed by atoms with E-state index in [1.165, 1.54) is 6.20 Å². The second-order valence-electron chi connectivity index (χ2n) is 4.64. The molecule has 0 aliphatic heterocycles. The quantitative estimate of drug-likeness (QED) is 0.297. The third-order valence-corrected chi connectivity index (χ3v) is 3.06. The molecule has 0 saturated carbocycles. The van der Waals surface area contributed by atoms with Crippen LogP contribution in [-0.2, 0) is 0 Å². The molecule has 0 aliphatic rings. The van der Waals surface area contributed by atoms with Crippen molar-refractivity contribution < 1.29 is 9.72 Å². The van der Waals surface area contributed by atoms with Gasteiger partial charge >= 0.3 is 0 Å². The van der Waals surface area contributed by atoms with E-state index in [9.17, 15) is 14.9 Å². The zero-order valence-corrected chi connectivity index (χ0v) is 11.2. The third-order valence-electron chi connectivity index (χ3n) is 3.06. The summed E-state index contributed by atoms with van der Waals surface area (Å²) in [7, 11) is 0. The molecule has 0 fully saturated rings. The minimum absolute atomic E-state index is 0.214. The van der Waals surface area contributed by atoms with Crippen molar-refractivity contribution in [3.63, 3.8) is 0 Å². The first-order valence-corrected chi connectivity index (χ1v) is 6.72. The average molecular weight is 264 g/mol. The highest BCUT2D eigenvalue weighted by atomic mass is 16.6. The molecule has 1 atom stereocenters. The lowest BCUT2D eigenvalue weighted by Crippen LogP contribution is -2.24. The molecule has 0 N–H and O–H groups in total. The predicted molar refractivity (Wildman–Crippen MR) is 72.7 cm³/mol. The van der Waals surface area contributed by atoms with E-state index < -0.39 is 10.8 Å². The number of unbranched alkanes of at least 4 members (excludes halogenated alkanes) is 3. The molecular formula is C14H20N2O3. The van der Waals surface area contributed by atoms with Gasteiger partial charge in [0.25, 0.3) is 0 Å². The molecule has 1 aromatic rings. The van der Waals surface area contributed by atoms with E-state index in [-0.39, 0.29) is 12.3 Å². The normalized spacial score (nSPS) is 12.1. The minimum atomic E-state index is -0.554. The van der Waals surface area contributed by atoms with Crippen molar-refractivity contribution in [1.29, 1.82) is 0 Å². The second-order valence-corrected chi connectivity index (χ2v) is 4.64. The van der Waals surface area contributed by atoms with E-state index in [0.717, 1.165) is 25.7 Å². The van der Waals surface area contributed by atoms with Crippen molar-refractivity contribution >= 4 is 5.78 Å². The molecule has 0 aromatic carbocycles. The summed E-state index contributed by atoms with van der Waals surface area (Å²) in [4.78, 5) is 26.4. The smallest absolute Gasteiger partial charge is 0.213 e. The summed E-state index contributed by atoms with van der Waals surface area (Å²) in [5.74, 6) is -0.768. The Labute approximate surface area is 113 Å². The molecule has 1 heterocycles. The zero-order valence-electron chi connectivity index (χ0n) is 11.2. The molecule has 104 valence electrons. The molecule has 0 amide bonds. The zero-order chi connectivity index (χ0) is 14.1. The Bertz CT molecular complexity index is 406. The Morgan fingerprint density at radius 3 is 2.74 bits per heavy atom. The number of carbonyl (C=O) groups is 1. The van der Waals surface area contributed by atoms with Gasteiger partial charge in [-0.15, -0.1) is 0 Å². The average Bonchev–Trinajstić information content (AvgIpc) is 2.42. The Kier molecular flexibility index (Phi) is 6.71. The first kappa shape index (κ1) is 15.3. The van der Waals surface area contributed by atoms with Gasteiger partial charge in [-0.3, -0.25) is 19.9 Å². The lowest BCUT2D eigenvalue weighted by molar-refractivity contribution is -0.485. The molecular weight excluding hydrogens is 244 g/mol. The molecule has 1 aromatic heterocycles. The Morgan fingerprint density at radius 2 is 2.16 bits per heavy atom. The maximum atomic E-state index is 12.2. The molecule has 0 bridgehead atoms. The Balaban J connectivity index is 2.62. The van der Waals surface area contributed by atoms with Gasteiger partial charge in [0.2, 0.25) is 6.54 Å². The van der Waals surface area contributed by atoms with Crippen molar-refractivity contribution in [2.45, 2.75) is 39.0 Å². The minimum Gasteiger partial charge on any atom is -0.292 e. The molecule has 0 radical (unpaired) electrons. The van der Waals surface area contributed by atoms with Crippen LogP contribution in [0.15, 0.2) is 24.4 Å². The first-order valence-electron chi connectivity index (χ1n) is 6.72. The van der Waals surface area contributed by atoms with Gasteiger partial charge in [0.05, 0.1) is 5.92 Å². The molecule has 5 nitrogen and oxygen atoms in total. The molecule has 19 heavy (non-hydrogen) atoms. The maximum Gasteiger partial charge on any atom is 0.213 e. The summed E-state index contributed by atoms with van der Waals surface area (Å²) in [6, 6.07) is 5.06. The maximum absolute atomic E-state index is 12.2. The number of nitro groups is 1. The van der Waals surface area contributed by atoms with E-state index >= 15 is 0 Å². The van der Waals surface area contributed by atoms with Crippen molar-refractivity contribution in [3.8, 4) is 0 Å². The topological polar surface area (TPSA) is 73.1 Å². The Hall–Kier alpha value is -1.78. The lowest BCUT2D eigenvalue weighted by Gasteiger charge is -2.11. The number of rotatable bonds is 9. The van der Waals surface area contributed by atoms with E-state index in [0.29, 0.717) is 12.1 Å². The van der Waals surface area contributed by atoms with Crippen molar-refractivity contribution in [3.05, 3.63) is 40.2 Å². The van der Waals surface area contributed by atoms with Crippen molar-refractivity contribution in [1.82, 2.24) is 4.98 Å². The fraction of sp³-hybridized carbons (Fsp3) is 0.571. The van der Waals surface area contributed by atoms with E-state index in [4.69, 9.17) is 0 Å². The molecule has 1 rings (SSSR count). The molecule has 0 saturated heterocycles. The number of carbonyl (C=O) groups excluding carboxylic acids is 1. The van der Waals surface area contributed by atoms with Crippen LogP contribution in [0.1, 0.15) is 49.5 Å². The van der Waals surface area contributed by atoms with Gasteiger partial charge in [0.15, 0.2) is 5.78 Å². The van der Waals surface area contributed by atoms with E-state index in [2.05, 4.69) is 11.9 Å². The van der Waals surface area contributed by atoms with Crippen LogP contribution in [0.2, 0.25) is 0 Å². The van der Waals surface area contributed by atoms with Crippen LogP contribution in [0.25, 0.3) is 0 Å². The molecule has 0 spiro atoms. The van der Waals surface area contributed by atoms with E-state index in [1.807, 2.05) is 0 Å². The number of aromatic nitrogens is 1. The number of hydrogen-bond acceptors (Lipinski definition) is 4. The van der Waals surface area contributed by atoms with Crippen molar-refractivity contribution in [2.24, 2.45) is 5.92 Å². The summed E-state index contributed by atoms with van der Waals surface area (Å²) in [5, 5.41) is 10.7. The summed E-state index contributed by atoms with van der Waals surface area (Å²) in [5.41, 5.74) is 0.324. The second kappa shape index (κ2) is 8.34. The summed E-state index contributed by atoms with van der Waals surface area (Å²) in [6.45, 7) is 1.80. The first-order chi connectivity index (χ1) is 9.15.